The third kappa shape index (κ3) is 7.72. The average Bonchev–Trinajstić information content (AvgIpc) is 2.87. The standard InChI is InChI=1S/C28H34FN5O/c1-5-20-19-30-27(33-28(35)21-8-11-23(29)12-9-21)18-22(20)10-13-24(6-2)31-26(7-3)32-25-14-16-34(4)17-15-25/h5-12,18-19,25,32H,2,13-17H2,1,3-4H3,(H,33,35)/b20-5-,22-10-,26-7+,31-24+. The zero-order valence-electron chi connectivity index (χ0n) is 20.7. The number of allylic oxidation sites excluding steroid dienone is 2. The molecule has 2 heterocycles. The molecule has 0 atom stereocenters. The molecule has 35 heavy (non-hydrogen) atoms. The highest BCUT2D eigenvalue weighted by Gasteiger charge is 2.16. The minimum atomic E-state index is -0.387. The predicted molar refractivity (Wildman–Crippen MR) is 142 cm³/mol. The van der Waals surface area contributed by atoms with Crippen molar-refractivity contribution in [2.75, 3.05) is 25.5 Å². The number of benzene rings is 1. The number of hydrogen-bond acceptors (Lipinski definition) is 5. The number of likely N-dealkylation sites (tertiary alicyclic amines) is 1. The van der Waals surface area contributed by atoms with Gasteiger partial charge in [-0.15, -0.1) is 0 Å². The van der Waals surface area contributed by atoms with Gasteiger partial charge in [-0.3, -0.25) is 4.79 Å². The molecule has 1 aliphatic rings. The summed E-state index contributed by atoms with van der Waals surface area (Å²) in [5.41, 5.74) is 1.20. The smallest absolute Gasteiger partial charge is 0.256 e. The highest BCUT2D eigenvalue weighted by Crippen LogP contribution is 2.11. The van der Waals surface area contributed by atoms with Gasteiger partial charge in [0.2, 0.25) is 0 Å². The molecule has 0 aliphatic carbocycles. The number of halogens is 1. The van der Waals surface area contributed by atoms with Crippen LogP contribution in [0.15, 0.2) is 66.1 Å². The Morgan fingerprint density at radius 1 is 1.23 bits per heavy atom. The van der Waals surface area contributed by atoms with Gasteiger partial charge in [0.15, 0.2) is 0 Å². The topological polar surface area (TPSA) is 69.6 Å². The number of aromatic nitrogens is 1. The molecular weight excluding hydrogens is 441 g/mol. The minimum absolute atomic E-state index is 0.345. The predicted octanol–water partition coefficient (Wildman–Crippen LogP) is 3.62. The van der Waals surface area contributed by atoms with Crippen LogP contribution in [-0.2, 0) is 0 Å². The van der Waals surface area contributed by atoms with E-state index in [4.69, 9.17) is 4.99 Å². The second-order valence-electron chi connectivity index (χ2n) is 8.56. The molecule has 2 aromatic rings. The van der Waals surface area contributed by atoms with Gasteiger partial charge in [-0.05, 0) is 99.7 Å². The number of carbonyl (C=O) groups excluding carboxylic acids is 1. The fraction of sp³-hybridized carbons (Fsp3) is 0.321. The van der Waals surface area contributed by atoms with Crippen LogP contribution in [0.2, 0.25) is 0 Å². The van der Waals surface area contributed by atoms with Crippen molar-refractivity contribution in [2.45, 2.75) is 39.2 Å². The largest absolute Gasteiger partial charge is 0.368 e. The number of nitrogens with one attached hydrogen (secondary N) is 2. The van der Waals surface area contributed by atoms with Crippen molar-refractivity contribution in [3.05, 3.63) is 82.9 Å². The lowest BCUT2D eigenvalue weighted by Gasteiger charge is -2.30. The summed E-state index contributed by atoms with van der Waals surface area (Å²) in [6, 6.07) is 7.64. The molecule has 0 bridgehead atoms. The van der Waals surface area contributed by atoms with E-state index in [1.165, 1.54) is 24.3 Å². The lowest BCUT2D eigenvalue weighted by Crippen LogP contribution is -2.40. The van der Waals surface area contributed by atoms with Gasteiger partial charge in [0.1, 0.15) is 17.5 Å². The van der Waals surface area contributed by atoms with Crippen LogP contribution in [-0.4, -0.2) is 47.7 Å². The summed E-state index contributed by atoms with van der Waals surface area (Å²) in [5.74, 6) is 0.544. The second kappa shape index (κ2) is 12.8. The Kier molecular flexibility index (Phi) is 9.49. The molecule has 1 aromatic carbocycles. The van der Waals surface area contributed by atoms with E-state index in [2.05, 4.69) is 34.1 Å². The van der Waals surface area contributed by atoms with Crippen molar-refractivity contribution in [2.24, 2.45) is 4.99 Å². The Morgan fingerprint density at radius 2 is 1.94 bits per heavy atom. The SMILES string of the molecule is C=C/C(C/C=c1/cc(NC(=O)c2ccc(F)cc2)nc/c1=C/C)=N\C(=C/C)NC1CCN(C)CC1. The van der Waals surface area contributed by atoms with E-state index in [1.807, 2.05) is 38.1 Å². The Labute approximate surface area is 206 Å². The van der Waals surface area contributed by atoms with Crippen LogP contribution >= 0.6 is 0 Å². The van der Waals surface area contributed by atoms with Gasteiger partial charge in [-0.25, -0.2) is 14.4 Å². The third-order valence-electron chi connectivity index (χ3n) is 6.00. The third-order valence-corrected chi connectivity index (χ3v) is 6.00. The lowest BCUT2D eigenvalue weighted by molar-refractivity contribution is 0.102. The first-order valence-corrected chi connectivity index (χ1v) is 11.9. The van der Waals surface area contributed by atoms with E-state index in [9.17, 15) is 9.18 Å². The van der Waals surface area contributed by atoms with Gasteiger partial charge < -0.3 is 15.5 Å². The second-order valence-corrected chi connectivity index (χ2v) is 8.56. The minimum Gasteiger partial charge on any atom is -0.368 e. The van der Waals surface area contributed by atoms with Crippen LogP contribution in [0.5, 0.6) is 0 Å². The van der Waals surface area contributed by atoms with Gasteiger partial charge >= 0.3 is 0 Å². The fourth-order valence-electron chi connectivity index (χ4n) is 3.84. The number of piperidine rings is 1. The summed E-state index contributed by atoms with van der Waals surface area (Å²) in [4.78, 5) is 24.0. The van der Waals surface area contributed by atoms with Gasteiger partial charge in [-0.1, -0.05) is 18.7 Å². The van der Waals surface area contributed by atoms with Crippen LogP contribution in [0, 0.1) is 5.82 Å². The van der Waals surface area contributed by atoms with Crippen LogP contribution in [0.1, 0.15) is 43.5 Å². The summed E-state index contributed by atoms with van der Waals surface area (Å²) in [6.45, 7) is 10.0. The molecule has 1 aliphatic heterocycles. The van der Waals surface area contributed by atoms with Gasteiger partial charge in [-0.2, -0.15) is 0 Å². The number of rotatable bonds is 8. The van der Waals surface area contributed by atoms with Crippen molar-refractivity contribution in [1.82, 2.24) is 15.2 Å². The summed E-state index contributed by atoms with van der Waals surface area (Å²) in [5, 5.41) is 8.22. The lowest BCUT2D eigenvalue weighted by atomic mass is 10.1. The quantitative estimate of drug-likeness (QED) is 0.573. The summed E-state index contributed by atoms with van der Waals surface area (Å²) >= 11 is 0. The average molecular weight is 476 g/mol. The van der Waals surface area contributed by atoms with Crippen LogP contribution in [0.3, 0.4) is 0 Å². The Balaban J connectivity index is 1.75. The molecule has 1 aromatic heterocycles. The molecule has 6 nitrogen and oxygen atoms in total. The van der Waals surface area contributed by atoms with Gasteiger partial charge in [0, 0.05) is 29.9 Å². The zero-order valence-corrected chi connectivity index (χ0v) is 20.7. The number of amides is 1. The monoisotopic (exact) mass is 475 g/mol. The molecule has 184 valence electrons. The molecule has 0 unspecified atom stereocenters. The molecule has 1 saturated heterocycles. The van der Waals surface area contributed by atoms with Crippen LogP contribution in [0.25, 0.3) is 12.2 Å². The summed E-state index contributed by atoms with van der Waals surface area (Å²) < 4.78 is 13.1. The van der Waals surface area contributed by atoms with E-state index in [0.717, 1.165) is 47.9 Å². The van der Waals surface area contributed by atoms with Crippen molar-refractivity contribution < 1.29 is 9.18 Å². The number of pyridine rings is 1. The van der Waals surface area contributed by atoms with Crippen molar-refractivity contribution in [3.63, 3.8) is 0 Å². The maximum atomic E-state index is 13.1. The van der Waals surface area contributed by atoms with Crippen molar-refractivity contribution >= 4 is 29.6 Å². The maximum Gasteiger partial charge on any atom is 0.256 e. The molecule has 7 heteroatoms. The van der Waals surface area contributed by atoms with E-state index in [-0.39, 0.29) is 11.7 Å². The van der Waals surface area contributed by atoms with Gasteiger partial charge in [0.05, 0.1) is 0 Å². The van der Waals surface area contributed by atoms with E-state index in [0.29, 0.717) is 23.8 Å². The molecule has 1 fully saturated rings. The molecule has 1 amide bonds. The highest BCUT2D eigenvalue weighted by atomic mass is 19.1. The molecule has 0 saturated carbocycles. The highest BCUT2D eigenvalue weighted by molar-refractivity contribution is 6.03. The zero-order chi connectivity index (χ0) is 25.2. The van der Waals surface area contributed by atoms with Gasteiger partial charge in [0.25, 0.3) is 5.91 Å². The number of aliphatic imine (C=N–C) groups is 1. The normalized spacial score (nSPS) is 16.9. The molecule has 0 radical (unpaired) electrons. The Bertz CT molecular complexity index is 1210. The fourth-order valence-corrected chi connectivity index (χ4v) is 3.84. The van der Waals surface area contributed by atoms with Crippen molar-refractivity contribution in [3.8, 4) is 0 Å². The van der Waals surface area contributed by atoms with Crippen molar-refractivity contribution in [1.29, 1.82) is 0 Å². The first kappa shape index (κ1) is 26.0. The van der Waals surface area contributed by atoms with Crippen LogP contribution in [0.4, 0.5) is 10.2 Å². The number of anilines is 1. The first-order valence-electron chi connectivity index (χ1n) is 11.9. The maximum absolute atomic E-state index is 13.1. The molecular formula is C28H34FN5O. The molecule has 0 spiro atoms. The summed E-state index contributed by atoms with van der Waals surface area (Å²) in [7, 11) is 2.15. The first-order chi connectivity index (χ1) is 16.9. The Morgan fingerprint density at radius 3 is 2.57 bits per heavy atom. The number of carbonyl (C=O) groups is 1. The Hall–Kier alpha value is -3.58. The molecule has 2 N–H and O–H groups in total. The van der Waals surface area contributed by atoms with E-state index < -0.39 is 0 Å². The number of hydrogen-bond donors (Lipinski definition) is 2. The van der Waals surface area contributed by atoms with Crippen LogP contribution < -0.4 is 21.1 Å². The summed E-state index contributed by atoms with van der Waals surface area (Å²) in [6.07, 6.45) is 12.3. The van der Waals surface area contributed by atoms with E-state index in [1.54, 1.807) is 12.3 Å². The van der Waals surface area contributed by atoms with E-state index >= 15 is 0 Å². The molecule has 3 rings (SSSR count). The number of nitrogens with zero attached hydrogens (tertiary/aromatic N) is 3.